The van der Waals surface area contributed by atoms with Gasteiger partial charge in [0.05, 0.1) is 12.2 Å². The molecule has 17 heavy (non-hydrogen) atoms. The van der Waals surface area contributed by atoms with E-state index in [1.807, 2.05) is 4.68 Å². The van der Waals surface area contributed by atoms with Crippen LogP contribution in [0.15, 0.2) is 6.20 Å². The number of aryl methyl sites for hydroxylation is 1. The molecule has 94 valence electrons. The van der Waals surface area contributed by atoms with E-state index in [0.29, 0.717) is 18.3 Å². The van der Waals surface area contributed by atoms with Crippen LogP contribution >= 0.6 is 0 Å². The van der Waals surface area contributed by atoms with Crippen LogP contribution < -0.4 is 5.73 Å². The zero-order valence-corrected chi connectivity index (χ0v) is 9.93. The van der Waals surface area contributed by atoms with Gasteiger partial charge in [0.15, 0.2) is 0 Å². The maximum absolute atomic E-state index is 10.5. The third-order valence-corrected chi connectivity index (χ3v) is 3.44. The van der Waals surface area contributed by atoms with Crippen molar-refractivity contribution in [2.24, 2.45) is 0 Å². The minimum Gasteiger partial charge on any atom is -0.481 e. The SMILES string of the molecule is Nc1c(CCC(=O)O)cnn1C1CCCCC1. The summed E-state index contributed by atoms with van der Waals surface area (Å²) >= 11 is 0. The molecule has 0 atom stereocenters. The Morgan fingerprint density at radius 1 is 1.47 bits per heavy atom. The highest BCUT2D eigenvalue weighted by molar-refractivity contribution is 5.67. The number of anilines is 1. The predicted molar refractivity (Wildman–Crippen MR) is 64.7 cm³/mol. The Kier molecular flexibility index (Phi) is 3.66. The van der Waals surface area contributed by atoms with Gasteiger partial charge in [-0.25, -0.2) is 4.68 Å². The number of hydrogen-bond acceptors (Lipinski definition) is 3. The molecule has 0 amide bonds. The van der Waals surface area contributed by atoms with Crippen molar-refractivity contribution in [3.8, 4) is 0 Å². The van der Waals surface area contributed by atoms with E-state index in [0.717, 1.165) is 18.4 Å². The van der Waals surface area contributed by atoms with Gasteiger partial charge in [-0.1, -0.05) is 19.3 Å². The molecule has 0 bridgehead atoms. The van der Waals surface area contributed by atoms with Crippen LogP contribution in [0.4, 0.5) is 5.82 Å². The maximum Gasteiger partial charge on any atom is 0.303 e. The van der Waals surface area contributed by atoms with Crippen molar-refractivity contribution < 1.29 is 9.90 Å². The first kappa shape index (κ1) is 12.0. The average molecular weight is 237 g/mol. The molecule has 1 aromatic heterocycles. The average Bonchev–Trinajstić information content (AvgIpc) is 2.69. The fourth-order valence-corrected chi connectivity index (χ4v) is 2.46. The summed E-state index contributed by atoms with van der Waals surface area (Å²) in [7, 11) is 0. The zero-order valence-electron chi connectivity index (χ0n) is 9.93. The molecule has 5 heteroatoms. The first-order valence-electron chi connectivity index (χ1n) is 6.22. The quantitative estimate of drug-likeness (QED) is 0.839. The number of rotatable bonds is 4. The van der Waals surface area contributed by atoms with Crippen LogP contribution in [0.2, 0.25) is 0 Å². The van der Waals surface area contributed by atoms with Gasteiger partial charge in [0.2, 0.25) is 0 Å². The van der Waals surface area contributed by atoms with Gasteiger partial charge in [-0.05, 0) is 19.3 Å². The van der Waals surface area contributed by atoms with Gasteiger partial charge in [0.1, 0.15) is 5.82 Å². The molecule has 1 aliphatic rings. The van der Waals surface area contributed by atoms with E-state index in [1.54, 1.807) is 6.20 Å². The summed E-state index contributed by atoms with van der Waals surface area (Å²) in [5, 5.41) is 13.0. The molecule has 1 saturated carbocycles. The fourth-order valence-electron chi connectivity index (χ4n) is 2.46. The number of aromatic nitrogens is 2. The van der Waals surface area contributed by atoms with E-state index in [9.17, 15) is 4.79 Å². The van der Waals surface area contributed by atoms with Crippen molar-refractivity contribution in [3.05, 3.63) is 11.8 Å². The van der Waals surface area contributed by atoms with Gasteiger partial charge in [-0.2, -0.15) is 5.10 Å². The van der Waals surface area contributed by atoms with E-state index in [-0.39, 0.29) is 6.42 Å². The number of aliphatic carboxylic acids is 1. The van der Waals surface area contributed by atoms with E-state index in [4.69, 9.17) is 10.8 Å². The number of carbonyl (C=O) groups is 1. The van der Waals surface area contributed by atoms with Gasteiger partial charge in [0, 0.05) is 12.0 Å². The Balaban J connectivity index is 2.05. The number of hydrogen-bond donors (Lipinski definition) is 2. The first-order valence-corrected chi connectivity index (χ1v) is 6.22. The topological polar surface area (TPSA) is 81.1 Å². The molecular weight excluding hydrogens is 218 g/mol. The molecule has 1 aliphatic carbocycles. The molecule has 0 radical (unpaired) electrons. The third kappa shape index (κ3) is 2.78. The van der Waals surface area contributed by atoms with Gasteiger partial charge in [-0.15, -0.1) is 0 Å². The third-order valence-electron chi connectivity index (χ3n) is 3.44. The molecule has 5 nitrogen and oxygen atoms in total. The van der Waals surface area contributed by atoms with Crippen LogP contribution in [0, 0.1) is 0 Å². The molecular formula is C12H19N3O2. The lowest BCUT2D eigenvalue weighted by Gasteiger charge is -2.23. The molecule has 0 aromatic carbocycles. The highest BCUT2D eigenvalue weighted by Gasteiger charge is 2.19. The summed E-state index contributed by atoms with van der Waals surface area (Å²) < 4.78 is 1.89. The smallest absolute Gasteiger partial charge is 0.303 e. The standard InChI is InChI=1S/C12H19N3O2/c13-12-9(6-7-11(16)17)8-14-15(12)10-4-2-1-3-5-10/h8,10H,1-7,13H2,(H,16,17). The molecule has 0 spiro atoms. The fraction of sp³-hybridized carbons (Fsp3) is 0.667. The summed E-state index contributed by atoms with van der Waals surface area (Å²) in [5.41, 5.74) is 6.89. The van der Waals surface area contributed by atoms with Gasteiger partial charge < -0.3 is 10.8 Å². The van der Waals surface area contributed by atoms with Crippen molar-refractivity contribution in [1.82, 2.24) is 9.78 Å². The molecule has 1 fully saturated rings. The summed E-state index contributed by atoms with van der Waals surface area (Å²) in [6, 6.07) is 0.405. The van der Waals surface area contributed by atoms with Crippen molar-refractivity contribution in [3.63, 3.8) is 0 Å². The second-order valence-electron chi connectivity index (χ2n) is 4.69. The Hall–Kier alpha value is -1.52. The lowest BCUT2D eigenvalue weighted by molar-refractivity contribution is -0.136. The van der Waals surface area contributed by atoms with Crippen LogP contribution in [0.3, 0.4) is 0 Å². The van der Waals surface area contributed by atoms with Crippen LogP contribution in [-0.2, 0) is 11.2 Å². The first-order chi connectivity index (χ1) is 8.18. The van der Waals surface area contributed by atoms with E-state index >= 15 is 0 Å². The largest absolute Gasteiger partial charge is 0.481 e. The van der Waals surface area contributed by atoms with Gasteiger partial charge in [0.25, 0.3) is 0 Å². The zero-order chi connectivity index (χ0) is 12.3. The van der Waals surface area contributed by atoms with Gasteiger partial charge in [-0.3, -0.25) is 4.79 Å². The molecule has 0 saturated heterocycles. The number of nitrogens with zero attached hydrogens (tertiary/aromatic N) is 2. The maximum atomic E-state index is 10.5. The highest BCUT2D eigenvalue weighted by atomic mass is 16.4. The molecule has 0 unspecified atom stereocenters. The van der Waals surface area contributed by atoms with E-state index in [2.05, 4.69) is 5.10 Å². The molecule has 2 rings (SSSR count). The summed E-state index contributed by atoms with van der Waals surface area (Å²) in [6.45, 7) is 0. The molecule has 1 heterocycles. The van der Waals surface area contributed by atoms with Crippen LogP contribution in [0.1, 0.15) is 50.1 Å². The monoisotopic (exact) mass is 237 g/mol. The van der Waals surface area contributed by atoms with E-state index in [1.165, 1.54) is 19.3 Å². The Labute approximate surface area is 101 Å². The van der Waals surface area contributed by atoms with Crippen molar-refractivity contribution >= 4 is 11.8 Å². The second-order valence-corrected chi connectivity index (χ2v) is 4.69. The number of carboxylic acid groups (broad SMARTS) is 1. The molecule has 3 N–H and O–H groups in total. The number of nitrogen functional groups attached to an aromatic ring is 1. The lowest BCUT2D eigenvalue weighted by atomic mass is 9.95. The molecule has 0 aliphatic heterocycles. The Morgan fingerprint density at radius 3 is 2.82 bits per heavy atom. The lowest BCUT2D eigenvalue weighted by Crippen LogP contribution is -2.16. The van der Waals surface area contributed by atoms with Crippen molar-refractivity contribution in [1.29, 1.82) is 0 Å². The normalized spacial score (nSPS) is 17.2. The van der Waals surface area contributed by atoms with Crippen LogP contribution in [0.25, 0.3) is 0 Å². The minimum atomic E-state index is -0.796. The predicted octanol–water partition coefficient (Wildman–Crippen LogP) is 1.99. The number of carboxylic acids is 1. The van der Waals surface area contributed by atoms with Crippen molar-refractivity contribution in [2.75, 3.05) is 5.73 Å². The summed E-state index contributed by atoms with van der Waals surface area (Å²) in [5.74, 6) is -0.145. The van der Waals surface area contributed by atoms with E-state index < -0.39 is 5.97 Å². The van der Waals surface area contributed by atoms with Gasteiger partial charge >= 0.3 is 5.97 Å². The minimum absolute atomic E-state index is 0.112. The van der Waals surface area contributed by atoms with Crippen LogP contribution in [-0.4, -0.2) is 20.9 Å². The Bertz CT molecular complexity index is 394. The van der Waals surface area contributed by atoms with Crippen molar-refractivity contribution in [2.45, 2.75) is 51.0 Å². The summed E-state index contributed by atoms with van der Waals surface area (Å²) in [4.78, 5) is 10.5. The molecule has 1 aromatic rings. The second kappa shape index (κ2) is 5.21. The Morgan fingerprint density at radius 2 is 2.18 bits per heavy atom. The highest BCUT2D eigenvalue weighted by Crippen LogP contribution is 2.30. The number of nitrogens with two attached hydrogens (primary N) is 1. The van der Waals surface area contributed by atoms with Crippen LogP contribution in [0.5, 0.6) is 0 Å². The summed E-state index contributed by atoms with van der Waals surface area (Å²) in [6.07, 6.45) is 8.31.